The van der Waals surface area contributed by atoms with Crippen molar-refractivity contribution < 1.29 is 17.9 Å². The SMILES string of the molecule is O=C(Nc1ccc(S(=O)(=O)N2CCOCC2)cc1)N1CCCC1. The molecular formula is C15H21N3O4S. The lowest BCUT2D eigenvalue weighted by Gasteiger charge is -2.26. The van der Waals surface area contributed by atoms with Crippen molar-refractivity contribution in [2.45, 2.75) is 17.7 Å². The van der Waals surface area contributed by atoms with Gasteiger partial charge in [0.25, 0.3) is 0 Å². The van der Waals surface area contributed by atoms with Crippen LogP contribution in [0.2, 0.25) is 0 Å². The van der Waals surface area contributed by atoms with Gasteiger partial charge in [-0.2, -0.15) is 4.31 Å². The van der Waals surface area contributed by atoms with Crippen LogP contribution in [0.5, 0.6) is 0 Å². The summed E-state index contributed by atoms with van der Waals surface area (Å²) < 4.78 is 31.6. The molecule has 0 spiro atoms. The molecule has 1 aromatic carbocycles. The lowest BCUT2D eigenvalue weighted by molar-refractivity contribution is 0.0730. The third-order valence-electron chi connectivity index (χ3n) is 4.11. The molecule has 2 amide bonds. The topological polar surface area (TPSA) is 79.0 Å². The number of nitrogens with zero attached hydrogens (tertiary/aromatic N) is 2. The molecule has 1 N–H and O–H groups in total. The first-order valence-electron chi connectivity index (χ1n) is 7.81. The van der Waals surface area contributed by atoms with Crippen LogP contribution < -0.4 is 5.32 Å². The zero-order chi connectivity index (χ0) is 16.3. The smallest absolute Gasteiger partial charge is 0.321 e. The molecule has 3 rings (SSSR count). The second-order valence-corrected chi connectivity index (χ2v) is 7.60. The number of benzene rings is 1. The normalized spacial score (nSPS) is 19.7. The van der Waals surface area contributed by atoms with Crippen LogP contribution in [-0.2, 0) is 14.8 Å². The van der Waals surface area contributed by atoms with E-state index in [2.05, 4.69) is 5.32 Å². The Hall–Kier alpha value is -1.64. The first-order chi connectivity index (χ1) is 11.1. The molecule has 7 nitrogen and oxygen atoms in total. The fourth-order valence-corrected chi connectivity index (χ4v) is 4.18. The Kier molecular flexibility index (Phi) is 4.84. The van der Waals surface area contributed by atoms with E-state index >= 15 is 0 Å². The number of carbonyl (C=O) groups is 1. The van der Waals surface area contributed by atoms with E-state index < -0.39 is 10.0 Å². The van der Waals surface area contributed by atoms with E-state index in [0.717, 1.165) is 25.9 Å². The highest BCUT2D eigenvalue weighted by atomic mass is 32.2. The molecule has 0 radical (unpaired) electrons. The van der Waals surface area contributed by atoms with Crippen LogP contribution in [0.25, 0.3) is 0 Å². The van der Waals surface area contributed by atoms with Crippen LogP contribution in [0.15, 0.2) is 29.2 Å². The van der Waals surface area contributed by atoms with Crippen LogP contribution in [-0.4, -0.2) is 63.0 Å². The summed E-state index contributed by atoms with van der Waals surface area (Å²) in [5.74, 6) is 0. The zero-order valence-corrected chi connectivity index (χ0v) is 13.7. The summed E-state index contributed by atoms with van der Waals surface area (Å²) in [5, 5.41) is 2.80. The van der Waals surface area contributed by atoms with Crippen molar-refractivity contribution in [2.75, 3.05) is 44.7 Å². The molecule has 0 aromatic heterocycles. The van der Waals surface area contributed by atoms with Gasteiger partial charge in [0.2, 0.25) is 10.0 Å². The standard InChI is InChI=1S/C15H21N3O4S/c19-15(17-7-1-2-8-17)16-13-3-5-14(6-4-13)23(20,21)18-9-11-22-12-10-18/h3-6H,1-2,7-12H2,(H,16,19). The van der Waals surface area contributed by atoms with Crippen LogP contribution in [0.4, 0.5) is 10.5 Å². The minimum Gasteiger partial charge on any atom is -0.379 e. The van der Waals surface area contributed by atoms with Crippen molar-refractivity contribution in [1.82, 2.24) is 9.21 Å². The molecule has 0 atom stereocenters. The van der Waals surface area contributed by atoms with E-state index in [9.17, 15) is 13.2 Å². The number of nitrogens with one attached hydrogen (secondary N) is 1. The number of ether oxygens (including phenoxy) is 1. The van der Waals surface area contributed by atoms with Crippen molar-refractivity contribution in [3.63, 3.8) is 0 Å². The highest BCUT2D eigenvalue weighted by molar-refractivity contribution is 7.89. The third-order valence-corrected chi connectivity index (χ3v) is 6.02. The van der Waals surface area contributed by atoms with Gasteiger partial charge < -0.3 is 15.0 Å². The van der Waals surface area contributed by atoms with Gasteiger partial charge in [-0.3, -0.25) is 0 Å². The summed E-state index contributed by atoms with van der Waals surface area (Å²) in [6, 6.07) is 6.18. The Morgan fingerprint density at radius 2 is 1.61 bits per heavy atom. The number of morpholine rings is 1. The Bertz CT molecular complexity index is 648. The second kappa shape index (κ2) is 6.86. The van der Waals surface area contributed by atoms with Gasteiger partial charge in [-0.15, -0.1) is 0 Å². The van der Waals surface area contributed by atoms with Gasteiger partial charge in [-0.05, 0) is 37.1 Å². The van der Waals surface area contributed by atoms with Crippen molar-refractivity contribution in [2.24, 2.45) is 0 Å². The predicted molar refractivity (Wildman–Crippen MR) is 85.8 cm³/mol. The molecule has 2 heterocycles. The minimum absolute atomic E-state index is 0.133. The van der Waals surface area contributed by atoms with Crippen molar-refractivity contribution >= 4 is 21.7 Å². The van der Waals surface area contributed by atoms with E-state index in [4.69, 9.17) is 4.74 Å². The first-order valence-corrected chi connectivity index (χ1v) is 9.25. The number of anilines is 1. The summed E-state index contributed by atoms with van der Waals surface area (Å²) in [6.07, 6.45) is 2.06. The monoisotopic (exact) mass is 339 g/mol. The average Bonchev–Trinajstić information content (AvgIpc) is 3.11. The quantitative estimate of drug-likeness (QED) is 0.901. The molecule has 2 fully saturated rings. The molecule has 126 valence electrons. The lowest BCUT2D eigenvalue weighted by Crippen LogP contribution is -2.40. The molecule has 0 saturated carbocycles. The van der Waals surface area contributed by atoms with Gasteiger partial charge in [0, 0.05) is 31.9 Å². The molecule has 0 unspecified atom stereocenters. The van der Waals surface area contributed by atoms with Crippen molar-refractivity contribution in [1.29, 1.82) is 0 Å². The van der Waals surface area contributed by atoms with Crippen LogP contribution in [0, 0.1) is 0 Å². The molecule has 0 aliphatic carbocycles. The lowest BCUT2D eigenvalue weighted by atomic mass is 10.3. The van der Waals surface area contributed by atoms with Gasteiger partial charge in [0.15, 0.2) is 0 Å². The average molecular weight is 339 g/mol. The molecule has 2 aliphatic rings. The van der Waals surface area contributed by atoms with Crippen molar-refractivity contribution in [3.8, 4) is 0 Å². The van der Waals surface area contributed by atoms with Crippen LogP contribution >= 0.6 is 0 Å². The number of carbonyl (C=O) groups excluding carboxylic acids is 1. The number of amides is 2. The summed E-state index contributed by atoms with van der Waals surface area (Å²) in [7, 11) is -3.49. The zero-order valence-electron chi connectivity index (χ0n) is 12.9. The Balaban J connectivity index is 1.67. The highest BCUT2D eigenvalue weighted by Crippen LogP contribution is 2.20. The van der Waals surface area contributed by atoms with E-state index in [1.165, 1.54) is 16.4 Å². The third kappa shape index (κ3) is 3.65. The number of likely N-dealkylation sites (tertiary alicyclic amines) is 1. The summed E-state index contributed by atoms with van der Waals surface area (Å²) >= 11 is 0. The first kappa shape index (κ1) is 16.2. The van der Waals surface area contributed by atoms with Gasteiger partial charge in [0.05, 0.1) is 18.1 Å². The maximum atomic E-state index is 12.5. The van der Waals surface area contributed by atoms with Crippen molar-refractivity contribution in [3.05, 3.63) is 24.3 Å². The summed E-state index contributed by atoms with van der Waals surface area (Å²) in [5.41, 5.74) is 0.600. The Morgan fingerprint density at radius 1 is 1.00 bits per heavy atom. The molecule has 8 heteroatoms. The molecule has 23 heavy (non-hydrogen) atoms. The highest BCUT2D eigenvalue weighted by Gasteiger charge is 2.26. The fraction of sp³-hybridized carbons (Fsp3) is 0.533. The largest absolute Gasteiger partial charge is 0.379 e. The minimum atomic E-state index is -3.49. The van der Waals surface area contributed by atoms with Gasteiger partial charge in [0.1, 0.15) is 0 Å². The number of rotatable bonds is 3. The van der Waals surface area contributed by atoms with E-state index in [1.54, 1.807) is 17.0 Å². The molecule has 2 saturated heterocycles. The molecule has 0 bridgehead atoms. The second-order valence-electron chi connectivity index (χ2n) is 5.67. The Morgan fingerprint density at radius 3 is 2.22 bits per heavy atom. The summed E-state index contributed by atoms with van der Waals surface area (Å²) in [6.45, 7) is 3.13. The number of hydrogen-bond donors (Lipinski definition) is 1. The Labute approximate surface area is 136 Å². The van der Waals surface area contributed by atoms with E-state index in [0.29, 0.717) is 32.0 Å². The molecule has 2 aliphatic heterocycles. The van der Waals surface area contributed by atoms with Gasteiger partial charge >= 0.3 is 6.03 Å². The van der Waals surface area contributed by atoms with E-state index in [1.807, 2.05) is 0 Å². The number of sulfonamides is 1. The van der Waals surface area contributed by atoms with E-state index in [-0.39, 0.29) is 10.9 Å². The molecule has 1 aromatic rings. The van der Waals surface area contributed by atoms with Crippen LogP contribution in [0.1, 0.15) is 12.8 Å². The molecular weight excluding hydrogens is 318 g/mol. The predicted octanol–water partition coefficient (Wildman–Crippen LogP) is 1.34. The van der Waals surface area contributed by atoms with Gasteiger partial charge in [-0.1, -0.05) is 0 Å². The van der Waals surface area contributed by atoms with Gasteiger partial charge in [-0.25, -0.2) is 13.2 Å². The summed E-state index contributed by atoms with van der Waals surface area (Å²) in [4.78, 5) is 14.0. The maximum absolute atomic E-state index is 12.5. The van der Waals surface area contributed by atoms with Crippen LogP contribution in [0.3, 0.4) is 0 Å². The fourth-order valence-electron chi connectivity index (χ4n) is 2.77. The maximum Gasteiger partial charge on any atom is 0.321 e. The number of hydrogen-bond acceptors (Lipinski definition) is 4. The number of urea groups is 1.